The van der Waals surface area contributed by atoms with Gasteiger partial charge in [-0.05, 0) is 60.5 Å². The third kappa shape index (κ3) is 7.53. The quantitative estimate of drug-likeness (QED) is 0.0816. The molecule has 1 aromatic heterocycles. The first kappa shape index (κ1) is 33.3. The number of benzene rings is 2. The minimum atomic E-state index is -2.30. The van der Waals surface area contributed by atoms with E-state index in [2.05, 4.69) is 15.3 Å². The van der Waals surface area contributed by atoms with E-state index in [0.717, 1.165) is 46.5 Å². The molecule has 3 aromatic rings. The summed E-state index contributed by atoms with van der Waals surface area (Å²) in [7, 11) is 1.21. The Morgan fingerprint density at radius 3 is 2.18 bits per heavy atom. The zero-order chi connectivity index (χ0) is 32.0. The summed E-state index contributed by atoms with van der Waals surface area (Å²) in [5.41, 5.74) is 3.22. The van der Waals surface area contributed by atoms with Crippen LogP contribution in [0.2, 0.25) is 0 Å². The van der Waals surface area contributed by atoms with E-state index in [4.69, 9.17) is 0 Å². The van der Waals surface area contributed by atoms with Gasteiger partial charge in [0, 0.05) is 18.3 Å². The van der Waals surface area contributed by atoms with Crippen molar-refractivity contribution in [3.8, 4) is 0 Å². The second-order valence-corrected chi connectivity index (χ2v) is 11.3. The molecule has 0 atom stereocenters. The van der Waals surface area contributed by atoms with Gasteiger partial charge in [0.2, 0.25) is 11.7 Å². The SMILES string of the molecule is CCN(CC(=O)N(Cc1ccc(C2CCCCC2)cn1)c1ccc(C(=O)NOC)cc1F)Sc1c(F)c(F)c(F)c(F)c1F. The zero-order valence-corrected chi connectivity index (χ0v) is 24.8. The van der Waals surface area contributed by atoms with Crippen LogP contribution in [0.4, 0.5) is 32.0 Å². The number of hydroxylamine groups is 1. The smallest absolute Gasteiger partial charge is 0.274 e. The molecule has 2 amide bonds. The fourth-order valence-corrected chi connectivity index (χ4v) is 5.84. The Hall–Kier alpha value is -3.62. The number of likely N-dealkylation sites (N-methyl/N-ethyl adjacent to an activating group) is 1. The molecule has 0 spiro atoms. The number of hydrogen-bond donors (Lipinski definition) is 1. The van der Waals surface area contributed by atoms with Crippen LogP contribution in [-0.4, -0.2) is 41.3 Å². The maximum atomic E-state index is 15.4. The first-order valence-electron chi connectivity index (χ1n) is 13.9. The van der Waals surface area contributed by atoms with Crippen LogP contribution in [0.1, 0.15) is 66.6 Å². The fraction of sp³-hybridized carbons (Fsp3) is 0.367. The summed E-state index contributed by atoms with van der Waals surface area (Å²) < 4.78 is 86.3. The second kappa shape index (κ2) is 14.9. The van der Waals surface area contributed by atoms with E-state index < -0.39 is 58.2 Å². The number of halogens is 6. The molecular weight excluding hydrogens is 610 g/mol. The first-order chi connectivity index (χ1) is 21.0. The predicted octanol–water partition coefficient (Wildman–Crippen LogP) is 6.82. The lowest BCUT2D eigenvalue weighted by atomic mass is 9.85. The number of carbonyl (C=O) groups is 2. The summed E-state index contributed by atoms with van der Waals surface area (Å²) >= 11 is 0.173. The number of anilines is 1. The molecule has 0 aliphatic heterocycles. The number of hydrogen-bond acceptors (Lipinski definition) is 6. The van der Waals surface area contributed by atoms with Gasteiger partial charge in [-0.2, -0.15) is 0 Å². The van der Waals surface area contributed by atoms with Crippen LogP contribution in [0, 0.1) is 34.9 Å². The highest BCUT2D eigenvalue weighted by Gasteiger charge is 2.29. The molecule has 1 fully saturated rings. The highest BCUT2D eigenvalue weighted by Crippen LogP contribution is 2.34. The second-order valence-electron chi connectivity index (χ2n) is 10.1. The number of aromatic nitrogens is 1. The van der Waals surface area contributed by atoms with Gasteiger partial charge in [0.1, 0.15) is 10.7 Å². The van der Waals surface area contributed by atoms with Gasteiger partial charge in [-0.15, -0.1) is 0 Å². The van der Waals surface area contributed by atoms with Crippen molar-refractivity contribution in [2.45, 2.75) is 56.4 Å². The highest BCUT2D eigenvalue weighted by atomic mass is 32.2. The third-order valence-electron chi connectivity index (χ3n) is 7.30. The molecule has 0 radical (unpaired) electrons. The Balaban J connectivity index is 1.62. The van der Waals surface area contributed by atoms with E-state index in [1.165, 1.54) is 32.6 Å². The van der Waals surface area contributed by atoms with Crippen LogP contribution in [0.25, 0.3) is 0 Å². The van der Waals surface area contributed by atoms with Gasteiger partial charge in [-0.1, -0.05) is 32.3 Å². The van der Waals surface area contributed by atoms with Crippen molar-refractivity contribution >= 4 is 29.4 Å². The zero-order valence-electron chi connectivity index (χ0n) is 23.9. The van der Waals surface area contributed by atoms with Crippen LogP contribution in [0.5, 0.6) is 0 Å². The van der Waals surface area contributed by atoms with Gasteiger partial charge in [0.15, 0.2) is 23.3 Å². The van der Waals surface area contributed by atoms with Crippen molar-refractivity contribution in [3.05, 3.63) is 88.3 Å². The summed E-state index contributed by atoms with van der Waals surface area (Å²) in [5, 5.41) is 0. The number of pyridine rings is 1. The van der Waals surface area contributed by atoms with E-state index in [1.54, 1.807) is 12.3 Å². The van der Waals surface area contributed by atoms with E-state index in [-0.39, 0.29) is 36.3 Å². The highest BCUT2D eigenvalue weighted by molar-refractivity contribution is 7.97. The van der Waals surface area contributed by atoms with Crippen LogP contribution in [0.15, 0.2) is 41.4 Å². The van der Waals surface area contributed by atoms with Gasteiger partial charge >= 0.3 is 0 Å². The Labute approximate surface area is 254 Å². The predicted molar refractivity (Wildman–Crippen MR) is 151 cm³/mol. The van der Waals surface area contributed by atoms with Gasteiger partial charge in [0.05, 0.1) is 31.6 Å². The Morgan fingerprint density at radius 1 is 0.955 bits per heavy atom. The lowest BCUT2D eigenvalue weighted by Crippen LogP contribution is -2.38. The molecule has 44 heavy (non-hydrogen) atoms. The molecule has 0 unspecified atom stereocenters. The van der Waals surface area contributed by atoms with Crippen molar-refractivity contribution in [1.82, 2.24) is 14.8 Å². The van der Waals surface area contributed by atoms with Crippen molar-refractivity contribution < 1.29 is 40.8 Å². The molecule has 0 saturated heterocycles. The maximum Gasteiger partial charge on any atom is 0.274 e. The molecular formula is C30H30F6N4O3S. The Bertz CT molecular complexity index is 1480. The molecule has 7 nitrogen and oxygen atoms in total. The third-order valence-corrected chi connectivity index (χ3v) is 8.48. The van der Waals surface area contributed by atoms with Crippen molar-refractivity contribution in [2.75, 3.05) is 25.1 Å². The maximum absolute atomic E-state index is 15.4. The van der Waals surface area contributed by atoms with Gasteiger partial charge < -0.3 is 4.90 Å². The minimum absolute atomic E-state index is 0.0588. The molecule has 2 aromatic carbocycles. The van der Waals surface area contributed by atoms with Crippen molar-refractivity contribution in [2.24, 2.45) is 0 Å². The molecule has 1 aliphatic carbocycles. The summed E-state index contributed by atoms with van der Waals surface area (Å²) in [4.78, 5) is 34.7. The topological polar surface area (TPSA) is 74.8 Å². The van der Waals surface area contributed by atoms with E-state index in [0.29, 0.717) is 11.6 Å². The van der Waals surface area contributed by atoms with Gasteiger partial charge in [-0.3, -0.25) is 19.4 Å². The average molecular weight is 641 g/mol. The van der Waals surface area contributed by atoms with Crippen LogP contribution in [-0.2, 0) is 16.2 Å². The molecule has 1 aliphatic rings. The van der Waals surface area contributed by atoms with Crippen molar-refractivity contribution in [1.29, 1.82) is 0 Å². The molecule has 1 N–H and O–H groups in total. The largest absolute Gasteiger partial charge is 0.302 e. The standard InChI is InChI=1S/C30H30F6N4O3S/c1-3-39(44-29-27(35)25(33)24(32)26(34)28(29)36)16-23(41)40(22-12-10-18(13-21(22)31)30(42)38-43-2)15-20-11-9-19(14-37-20)17-7-5-4-6-8-17/h9-14,17H,3-8,15-16H2,1-2H3,(H,38,42). The number of nitrogens with one attached hydrogen (secondary N) is 1. The number of nitrogens with zero attached hydrogens (tertiary/aromatic N) is 3. The fourth-order valence-electron chi connectivity index (χ4n) is 4.93. The van der Waals surface area contributed by atoms with Crippen LogP contribution >= 0.6 is 11.9 Å². The average Bonchev–Trinajstić information content (AvgIpc) is 3.04. The molecule has 236 valence electrons. The lowest BCUT2D eigenvalue weighted by molar-refractivity contribution is -0.118. The first-order valence-corrected chi connectivity index (χ1v) is 14.6. The summed E-state index contributed by atoms with van der Waals surface area (Å²) in [6.45, 7) is 0.629. The van der Waals surface area contributed by atoms with Crippen molar-refractivity contribution in [3.63, 3.8) is 0 Å². The Kier molecular flexibility index (Phi) is 11.3. The normalized spacial score (nSPS) is 13.8. The molecule has 14 heteroatoms. The lowest BCUT2D eigenvalue weighted by Gasteiger charge is -2.27. The Morgan fingerprint density at radius 2 is 1.61 bits per heavy atom. The minimum Gasteiger partial charge on any atom is -0.302 e. The molecule has 1 saturated carbocycles. The number of carbonyl (C=O) groups excluding carboxylic acids is 2. The van der Waals surface area contributed by atoms with Gasteiger partial charge in [0.25, 0.3) is 5.91 Å². The molecule has 0 bridgehead atoms. The summed E-state index contributed by atoms with van der Waals surface area (Å²) in [6, 6.07) is 7.02. The molecule has 1 heterocycles. The van der Waals surface area contributed by atoms with Gasteiger partial charge in [-0.25, -0.2) is 36.1 Å². The number of amides is 2. The van der Waals surface area contributed by atoms with Crippen LogP contribution < -0.4 is 10.4 Å². The van der Waals surface area contributed by atoms with E-state index in [9.17, 15) is 31.5 Å². The summed E-state index contributed by atoms with van der Waals surface area (Å²) in [6.07, 6.45) is 7.27. The monoisotopic (exact) mass is 640 g/mol. The van der Waals surface area contributed by atoms with E-state index in [1.807, 2.05) is 6.07 Å². The van der Waals surface area contributed by atoms with Crippen LogP contribution in [0.3, 0.4) is 0 Å². The summed E-state index contributed by atoms with van der Waals surface area (Å²) in [5.74, 6) is -12.6. The molecule has 4 rings (SSSR count). The number of rotatable bonds is 11. The van der Waals surface area contributed by atoms with E-state index >= 15 is 4.39 Å².